The number of carbonyl (C=O) groups excluding carboxylic acids is 4. The maximum atomic E-state index is 14.4. The lowest BCUT2D eigenvalue weighted by molar-refractivity contribution is -0.158. The summed E-state index contributed by atoms with van der Waals surface area (Å²) in [6.07, 6.45) is 10.6. The molecule has 4 heterocycles. The highest BCUT2D eigenvalue weighted by molar-refractivity contribution is 5.99. The fourth-order valence-corrected chi connectivity index (χ4v) is 6.43. The number of rotatable bonds is 8. The van der Waals surface area contributed by atoms with Gasteiger partial charge in [0.15, 0.2) is 0 Å². The SMILES string of the molecule is CCCC(C)N1C/C=C\CCC(=O)NC[C@H](C)OC(=O)[C@@H]2[C@H]3C(=O)N(CCCCCO)[C@H](C1=O)[C@]31C=C[C@H]2O1. The van der Waals surface area contributed by atoms with Crippen LogP contribution in [0.3, 0.4) is 0 Å². The zero-order chi connectivity index (χ0) is 28.2. The third kappa shape index (κ3) is 5.77. The molecule has 7 atom stereocenters. The van der Waals surface area contributed by atoms with Crippen molar-refractivity contribution in [3.05, 3.63) is 24.3 Å². The molecule has 4 rings (SSSR count). The second-order valence-corrected chi connectivity index (χ2v) is 11.2. The molecule has 216 valence electrons. The van der Waals surface area contributed by atoms with Gasteiger partial charge in [-0.25, -0.2) is 0 Å². The number of esters is 1. The van der Waals surface area contributed by atoms with E-state index in [1.54, 1.807) is 22.8 Å². The molecule has 1 unspecified atom stereocenters. The number of allylic oxidation sites excluding steroid dienone is 1. The predicted molar refractivity (Wildman–Crippen MR) is 143 cm³/mol. The first-order valence-corrected chi connectivity index (χ1v) is 14.5. The first kappa shape index (κ1) is 29.3. The zero-order valence-electron chi connectivity index (χ0n) is 23.3. The van der Waals surface area contributed by atoms with Crippen molar-refractivity contribution in [3.8, 4) is 0 Å². The molecule has 3 amide bonds. The average Bonchev–Trinajstić information content (AvgIpc) is 3.54. The summed E-state index contributed by atoms with van der Waals surface area (Å²) in [6, 6.07) is -0.976. The van der Waals surface area contributed by atoms with Crippen molar-refractivity contribution in [1.82, 2.24) is 15.1 Å². The summed E-state index contributed by atoms with van der Waals surface area (Å²) in [7, 11) is 0. The number of hydrogen-bond donors (Lipinski definition) is 2. The molecule has 2 fully saturated rings. The van der Waals surface area contributed by atoms with Crippen molar-refractivity contribution in [1.29, 1.82) is 0 Å². The van der Waals surface area contributed by atoms with Crippen LogP contribution in [-0.2, 0) is 28.7 Å². The number of aliphatic hydroxyl groups excluding tert-OH is 1. The number of aliphatic hydroxyl groups is 1. The Morgan fingerprint density at radius 1 is 1.15 bits per heavy atom. The van der Waals surface area contributed by atoms with E-state index in [9.17, 15) is 24.3 Å². The van der Waals surface area contributed by atoms with Crippen molar-refractivity contribution < 1.29 is 33.8 Å². The van der Waals surface area contributed by atoms with Gasteiger partial charge in [-0.15, -0.1) is 0 Å². The van der Waals surface area contributed by atoms with E-state index in [0.29, 0.717) is 45.2 Å². The number of amides is 3. The number of likely N-dealkylation sites (tertiary alicyclic amines) is 1. The van der Waals surface area contributed by atoms with Crippen LogP contribution in [0.4, 0.5) is 0 Å². The van der Waals surface area contributed by atoms with Gasteiger partial charge in [0.2, 0.25) is 17.7 Å². The third-order valence-electron chi connectivity index (χ3n) is 8.37. The fraction of sp³-hybridized carbons (Fsp3) is 0.724. The van der Waals surface area contributed by atoms with Gasteiger partial charge in [0.05, 0.1) is 18.6 Å². The number of fused-ring (bicyclic) bond motifs is 2. The van der Waals surface area contributed by atoms with Gasteiger partial charge in [-0.05, 0) is 46.0 Å². The monoisotopic (exact) mass is 545 g/mol. The van der Waals surface area contributed by atoms with Crippen LogP contribution in [-0.4, -0.2) is 94.7 Å². The lowest BCUT2D eigenvalue weighted by atomic mass is 9.74. The van der Waals surface area contributed by atoms with E-state index >= 15 is 0 Å². The van der Waals surface area contributed by atoms with E-state index in [4.69, 9.17) is 9.47 Å². The molecule has 1 spiro atoms. The van der Waals surface area contributed by atoms with Crippen LogP contribution in [0.1, 0.15) is 65.7 Å². The van der Waals surface area contributed by atoms with E-state index in [1.165, 1.54) is 0 Å². The van der Waals surface area contributed by atoms with E-state index in [-0.39, 0.29) is 36.9 Å². The molecule has 10 nitrogen and oxygen atoms in total. The molecule has 0 aromatic heterocycles. The fourth-order valence-electron chi connectivity index (χ4n) is 6.43. The van der Waals surface area contributed by atoms with Crippen LogP contribution in [0.2, 0.25) is 0 Å². The number of nitrogens with zero attached hydrogens (tertiary/aromatic N) is 2. The van der Waals surface area contributed by atoms with Gasteiger partial charge in [0.1, 0.15) is 23.7 Å². The highest BCUT2D eigenvalue weighted by atomic mass is 16.6. The smallest absolute Gasteiger partial charge is 0.313 e. The van der Waals surface area contributed by atoms with Gasteiger partial charge >= 0.3 is 5.97 Å². The third-order valence-corrected chi connectivity index (χ3v) is 8.37. The summed E-state index contributed by atoms with van der Waals surface area (Å²) >= 11 is 0. The van der Waals surface area contributed by atoms with Gasteiger partial charge in [0.25, 0.3) is 0 Å². The van der Waals surface area contributed by atoms with Crippen molar-refractivity contribution in [2.75, 3.05) is 26.2 Å². The first-order chi connectivity index (χ1) is 18.7. The quantitative estimate of drug-likeness (QED) is 0.270. The Labute approximate surface area is 230 Å². The number of nitrogens with one attached hydrogen (secondary N) is 1. The highest BCUT2D eigenvalue weighted by Crippen LogP contribution is 2.55. The molecule has 4 aliphatic heterocycles. The van der Waals surface area contributed by atoms with Crippen LogP contribution in [0.15, 0.2) is 24.3 Å². The zero-order valence-corrected chi connectivity index (χ0v) is 23.3. The molecule has 0 radical (unpaired) electrons. The molecule has 10 heteroatoms. The standard InChI is InChI=1S/C29H43N3O7/c1-4-11-19(2)31-15-8-5-7-12-22(34)30-18-20(3)38-28(37)23-21-13-14-29(39-21)24(23)26(35)32(25(29)27(31)36)16-9-6-10-17-33/h5,8,13-14,19-21,23-25,33H,4,6-7,9-12,15-18H2,1-3H3,(H,30,34)/b8-5-/t19?,20-,21+,23-,24-,25+,29-/m0/s1. The number of cyclic esters (lactones) is 1. The van der Waals surface area contributed by atoms with E-state index in [0.717, 1.165) is 12.8 Å². The topological polar surface area (TPSA) is 125 Å². The summed E-state index contributed by atoms with van der Waals surface area (Å²) in [5.41, 5.74) is -1.24. The normalized spacial score (nSPS) is 34.7. The maximum Gasteiger partial charge on any atom is 0.313 e. The van der Waals surface area contributed by atoms with Crippen LogP contribution in [0.25, 0.3) is 0 Å². The van der Waals surface area contributed by atoms with E-state index in [1.807, 2.05) is 25.2 Å². The summed E-state index contributed by atoms with van der Waals surface area (Å²) in [4.78, 5) is 57.5. The minimum absolute atomic E-state index is 0.0671. The Hall–Kier alpha value is -2.72. The summed E-state index contributed by atoms with van der Waals surface area (Å²) in [5.74, 6) is -2.89. The second-order valence-electron chi connectivity index (χ2n) is 11.2. The van der Waals surface area contributed by atoms with Crippen LogP contribution >= 0.6 is 0 Å². The van der Waals surface area contributed by atoms with Crippen LogP contribution in [0.5, 0.6) is 0 Å². The Kier molecular flexibility index (Phi) is 9.48. The average molecular weight is 546 g/mol. The summed E-state index contributed by atoms with van der Waals surface area (Å²) < 4.78 is 12.1. The Bertz CT molecular complexity index is 997. The van der Waals surface area contributed by atoms with E-state index < -0.39 is 41.7 Å². The van der Waals surface area contributed by atoms with Crippen LogP contribution in [0, 0.1) is 11.8 Å². The molecule has 0 aromatic carbocycles. The van der Waals surface area contributed by atoms with Gasteiger partial charge in [-0.3, -0.25) is 19.2 Å². The molecule has 2 saturated heterocycles. The van der Waals surface area contributed by atoms with Gasteiger partial charge in [0, 0.05) is 32.2 Å². The van der Waals surface area contributed by atoms with Crippen molar-refractivity contribution in [2.45, 2.75) is 95.6 Å². The van der Waals surface area contributed by atoms with Gasteiger partial charge in [-0.2, -0.15) is 0 Å². The number of hydrogen-bond acceptors (Lipinski definition) is 7. The van der Waals surface area contributed by atoms with Crippen LogP contribution < -0.4 is 5.32 Å². The minimum Gasteiger partial charge on any atom is -0.460 e. The Balaban J connectivity index is 1.73. The first-order valence-electron chi connectivity index (χ1n) is 14.5. The second kappa shape index (κ2) is 12.6. The van der Waals surface area contributed by atoms with Crippen molar-refractivity contribution >= 4 is 23.7 Å². The summed E-state index contributed by atoms with van der Waals surface area (Å²) in [6.45, 7) is 6.71. The molecule has 0 aliphatic carbocycles. The van der Waals surface area contributed by atoms with Crippen molar-refractivity contribution in [2.24, 2.45) is 11.8 Å². The molecule has 2 N–H and O–H groups in total. The molecule has 0 saturated carbocycles. The largest absolute Gasteiger partial charge is 0.460 e. The number of carbonyl (C=O) groups is 4. The Morgan fingerprint density at radius 2 is 1.95 bits per heavy atom. The molecule has 39 heavy (non-hydrogen) atoms. The van der Waals surface area contributed by atoms with Gasteiger partial charge in [-0.1, -0.05) is 37.6 Å². The number of unbranched alkanes of at least 4 members (excludes halogenated alkanes) is 2. The molecular weight excluding hydrogens is 502 g/mol. The predicted octanol–water partition coefficient (Wildman–Crippen LogP) is 1.71. The molecule has 5 bridgehead atoms. The van der Waals surface area contributed by atoms with Crippen molar-refractivity contribution in [3.63, 3.8) is 0 Å². The lowest BCUT2D eigenvalue weighted by Crippen LogP contribution is -2.57. The summed E-state index contributed by atoms with van der Waals surface area (Å²) in [5, 5.41) is 12.0. The molecule has 0 aromatic rings. The maximum absolute atomic E-state index is 14.4. The molecular formula is C29H43N3O7. The number of ether oxygens (including phenoxy) is 2. The lowest BCUT2D eigenvalue weighted by Gasteiger charge is -2.38. The molecule has 4 aliphatic rings. The van der Waals surface area contributed by atoms with Gasteiger partial charge < -0.3 is 29.7 Å². The Morgan fingerprint density at radius 3 is 2.69 bits per heavy atom. The van der Waals surface area contributed by atoms with E-state index in [2.05, 4.69) is 12.2 Å². The minimum atomic E-state index is -1.24. The highest BCUT2D eigenvalue weighted by Gasteiger charge is 2.73.